The molecular weight excluding hydrogens is 302 g/mol. The molecule has 0 spiro atoms. The molecule has 5 nitrogen and oxygen atoms in total. The van der Waals surface area contributed by atoms with Crippen LogP contribution in [0.1, 0.15) is 23.2 Å². The van der Waals surface area contributed by atoms with Gasteiger partial charge in [-0.25, -0.2) is 23.5 Å². The van der Waals surface area contributed by atoms with Crippen LogP contribution < -0.4 is 11.4 Å². The zero-order chi connectivity index (χ0) is 16.3. The minimum atomic E-state index is -0.207. The quantitative estimate of drug-likeness (QED) is 0.688. The van der Waals surface area contributed by atoms with Crippen LogP contribution in [-0.4, -0.2) is 13.9 Å². The first-order valence-corrected chi connectivity index (χ1v) is 8.45. The SMILES string of the molecule is Cn1c(=O)n2n(c1=O)[C@@H]1C=C[C@H]2[C@]23C=C[C@]12Cc1ccccc1C3. The van der Waals surface area contributed by atoms with E-state index in [2.05, 4.69) is 48.6 Å². The molecule has 2 bridgehead atoms. The molecule has 0 unspecified atom stereocenters. The van der Waals surface area contributed by atoms with E-state index in [1.807, 2.05) is 0 Å². The van der Waals surface area contributed by atoms with Crippen LogP contribution in [0.2, 0.25) is 0 Å². The van der Waals surface area contributed by atoms with Gasteiger partial charge in [-0.15, -0.1) is 0 Å². The summed E-state index contributed by atoms with van der Waals surface area (Å²) in [5.41, 5.74) is 2.16. The summed E-state index contributed by atoms with van der Waals surface area (Å²) in [6.07, 6.45) is 10.7. The second-order valence-electron chi connectivity index (χ2n) is 7.62. The van der Waals surface area contributed by atoms with Gasteiger partial charge < -0.3 is 0 Å². The molecule has 7 rings (SSSR count). The van der Waals surface area contributed by atoms with Crippen molar-refractivity contribution in [1.82, 2.24) is 13.9 Å². The summed E-state index contributed by atoms with van der Waals surface area (Å²) >= 11 is 0. The molecule has 0 fully saturated rings. The number of hydrogen-bond acceptors (Lipinski definition) is 2. The minimum Gasteiger partial charge on any atom is -0.246 e. The molecule has 2 aliphatic heterocycles. The van der Waals surface area contributed by atoms with Crippen LogP contribution in [0.5, 0.6) is 0 Å². The van der Waals surface area contributed by atoms with Crippen molar-refractivity contribution >= 4 is 0 Å². The maximum Gasteiger partial charge on any atom is 0.347 e. The molecule has 3 aliphatic carbocycles. The highest BCUT2D eigenvalue weighted by atomic mass is 16.2. The topological polar surface area (TPSA) is 48.9 Å². The fourth-order valence-corrected chi connectivity index (χ4v) is 5.68. The highest BCUT2D eigenvalue weighted by molar-refractivity contribution is 5.49. The number of benzene rings is 1. The van der Waals surface area contributed by atoms with Crippen LogP contribution in [0.4, 0.5) is 0 Å². The Morgan fingerprint density at radius 1 is 0.875 bits per heavy atom. The van der Waals surface area contributed by atoms with Gasteiger partial charge in [-0.3, -0.25) is 0 Å². The van der Waals surface area contributed by atoms with Crippen molar-refractivity contribution in [1.29, 1.82) is 0 Å². The monoisotopic (exact) mass is 319 g/mol. The normalized spacial score (nSPS) is 36.5. The van der Waals surface area contributed by atoms with Gasteiger partial charge in [0.25, 0.3) is 0 Å². The highest BCUT2D eigenvalue weighted by Gasteiger charge is 2.68. The number of rotatable bonds is 0. The Kier molecular flexibility index (Phi) is 1.91. The van der Waals surface area contributed by atoms with Gasteiger partial charge in [0.2, 0.25) is 0 Å². The number of nitrogens with zero attached hydrogens (tertiary/aromatic N) is 3. The Morgan fingerprint density at radius 2 is 1.33 bits per heavy atom. The van der Waals surface area contributed by atoms with Crippen LogP contribution in [0, 0.1) is 10.8 Å². The Hall–Kier alpha value is -2.56. The van der Waals surface area contributed by atoms with Crippen LogP contribution >= 0.6 is 0 Å². The van der Waals surface area contributed by atoms with Crippen molar-refractivity contribution < 1.29 is 0 Å². The standard InChI is InChI=1S/C19H17N3O2/c1-20-16(23)21-14-6-7-15(22(21)17(20)24)19-9-8-18(14,19)10-12-4-2-3-5-13(12)11-19/h2-9,14-15H,10-11H2,1H3/t14-,15+,18+,19-. The van der Waals surface area contributed by atoms with E-state index in [-0.39, 0.29) is 34.3 Å². The van der Waals surface area contributed by atoms with Gasteiger partial charge >= 0.3 is 11.4 Å². The largest absolute Gasteiger partial charge is 0.347 e. The predicted molar refractivity (Wildman–Crippen MR) is 89.0 cm³/mol. The smallest absolute Gasteiger partial charge is 0.246 e. The van der Waals surface area contributed by atoms with Gasteiger partial charge in [-0.05, 0) is 24.0 Å². The molecule has 0 saturated carbocycles. The van der Waals surface area contributed by atoms with Crippen molar-refractivity contribution in [2.45, 2.75) is 24.9 Å². The van der Waals surface area contributed by atoms with Gasteiger partial charge in [0.05, 0.1) is 12.1 Å². The Bertz CT molecular complexity index is 1020. The molecule has 0 amide bonds. The molecule has 5 heteroatoms. The fraction of sp³-hybridized carbons (Fsp3) is 0.368. The second kappa shape index (κ2) is 3.58. The molecule has 5 aliphatic rings. The van der Waals surface area contributed by atoms with E-state index in [4.69, 9.17) is 0 Å². The van der Waals surface area contributed by atoms with Gasteiger partial charge in [0.15, 0.2) is 0 Å². The molecule has 2 aromatic rings. The summed E-state index contributed by atoms with van der Waals surface area (Å²) < 4.78 is 4.63. The maximum absolute atomic E-state index is 12.7. The average Bonchev–Trinajstić information content (AvgIpc) is 2.82. The number of allylic oxidation sites excluding steroid dienone is 4. The van der Waals surface area contributed by atoms with Crippen LogP contribution in [0.25, 0.3) is 0 Å². The Balaban J connectivity index is 1.69. The van der Waals surface area contributed by atoms with Gasteiger partial charge in [0, 0.05) is 17.9 Å². The molecular formula is C19H17N3O2. The lowest BCUT2D eigenvalue weighted by Crippen LogP contribution is -2.66. The zero-order valence-electron chi connectivity index (χ0n) is 13.3. The lowest BCUT2D eigenvalue weighted by atomic mass is 9.41. The van der Waals surface area contributed by atoms with E-state index in [0.29, 0.717) is 0 Å². The number of hydrogen-bond donors (Lipinski definition) is 0. The zero-order valence-corrected chi connectivity index (χ0v) is 13.3. The van der Waals surface area contributed by atoms with E-state index >= 15 is 0 Å². The molecule has 3 heterocycles. The first-order valence-electron chi connectivity index (χ1n) is 8.45. The molecule has 1 aromatic heterocycles. The van der Waals surface area contributed by atoms with Crippen molar-refractivity contribution in [2.24, 2.45) is 17.9 Å². The summed E-state index contributed by atoms with van der Waals surface area (Å²) in [6.45, 7) is 0. The summed E-state index contributed by atoms with van der Waals surface area (Å²) in [6, 6.07) is 8.42. The summed E-state index contributed by atoms with van der Waals surface area (Å²) in [4.78, 5) is 25.3. The van der Waals surface area contributed by atoms with Gasteiger partial charge in [-0.2, -0.15) is 0 Å². The summed E-state index contributed by atoms with van der Waals surface area (Å²) in [5.74, 6) is 0. The highest BCUT2D eigenvalue weighted by Crippen LogP contribution is 2.70. The fourth-order valence-electron chi connectivity index (χ4n) is 5.68. The maximum atomic E-state index is 12.7. The third kappa shape index (κ3) is 1.05. The predicted octanol–water partition coefficient (Wildman–Crippen LogP) is 1.36. The lowest BCUT2D eigenvalue weighted by molar-refractivity contribution is -0.0569. The molecule has 120 valence electrons. The molecule has 4 atom stereocenters. The molecule has 0 saturated heterocycles. The third-order valence-corrected chi connectivity index (χ3v) is 6.89. The summed E-state index contributed by atoms with van der Waals surface area (Å²) in [7, 11) is 1.57. The van der Waals surface area contributed by atoms with Crippen LogP contribution in [-0.2, 0) is 19.9 Å². The van der Waals surface area contributed by atoms with Crippen LogP contribution in [0.3, 0.4) is 0 Å². The van der Waals surface area contributed by atoms with Crippen LogP contribution in [0.15, 0.2) is 58.2 Å². The van der Waals surface area contributed by atoms with E-state index in [9.17, 15) is 9.59 Å². The second-order valence-corrected chi connectivity index (χ2v) is 7.62. The Morgan fingerprint density at radius 3 is 1.75 bits per heavy atom. The van der Waals surface area contributed by atoms with Crippen molar-refractivity contribution in [2.75, 3.05) is 0 Å². The minimum absolute atomic E-state index is 0.0812. The van der Waals surface area contributed by atoms with E-state index in [1.165, 1.54) is 15.7 Å². The van der Waals surface area contributed by atoms with E-state index in [1.54, 1.807) is 16.4 Å². The molecule has 24 heavy (non-hydrogen) atoms. The van der Waals surface area contributed by atoms with Gasteiger partial charge in [-0.1, -0.05) is 48.6 Å². The Labute approximate surface area is 138 Å². The average molecular weight is 319 g/mol. The molecule has 1 aromatic carbocycles. The van der Waals surface area contributed by atoms with Crippen molar-refractivity contribution in [3.63, 3.8) is 0 Å². The first-order chi connectivity index (χ1) is 11.6. The van der Waals surface area contributed by atoms with Crippen molar-refractivity contribution in [3.8, 4) is 0 Å². The van der Waals surface area contributed by atoms with Gasteiger partial charge in [0.1, 0.15) is 0 Å². The van der Waals surface area contributed by atoms with E-state index < -0.39 is 0 Å². The molecule has 0 radical (unpaired) electrons. The number of fused-ring (bicyclic) bond motifs is 1. The third-order valence-electron chi connectivity index (χ3n) is 6.89. The van der Waals surface area contributed by atoms with Crippen molar-refractivity contribution in [3.05, 3.63) is 80.7 Å². The number of aromatic nitrogens is 3. The lowest BCUT2D eigenvalue weighted by Gasteiger charge is -2.67. The van der Waals surface area contributed by atoms with E-state index in [0.717, 1.165) is 12.8 Å². The molecule has 0 N–H and O–H groups in total. The summed E-state index contributed by atoms with van der Waals surface area (Å²) in [5, 5.41) is 0. The first kappa shape index (κ1) is 12.8.